The molecule has 0 fully saturated rings. The van der Waals surface area contributed by atoms with Gasteiger partial charge < -0.3 is 14.8 Å². The van der Waals surface area contributed by atoms with Gasteiger partial charge in [0, 0.05) is 40.0 Å². The van der Waals surface area contributed by atoms with Gasteiger partial charge in [0.2, 0.25) is 0 Å². The van der Waals surface area contributed by atoms with Crippen molar-refractivity contribution < 1.29 is 24.0 Å². The van der Waals surface area contributed by atoms with Crippen molar-refractivity contribution in [3.05, 3.63) is 92.1 Å². The Morgan fingerprint density at radius 3 is 2.11 bits per heavy atom. The highest BCUT2D eigenvalue weighted by Gasteiger charge is 2.38. The molecule has 9 nitrogen and oxygen atoms in total. The molecule has 0 aliphatic carbocycles. The molecule has 0 amide bonds. The van der Waals surface area contributed by atoms with E-state index in [0.717, 1.165) is 11.1 Å². The molecule has 0 unspecified atom stereocenters. The first-order chi connectivity index (χ1) is 17.3. The van der Waals surface area contributed by atoms with E-state index in [1.807, 2.05) is 29.6 Å². The van der Waals surface area contributed by atoms with E-state index >= 15 is 0 Å². The van der Waals surface area contributed by atoms with Crippen LogP contribution in [-0.4, -0.2) is 36.1 Å². The molecule has 3 aromatic rings. The van der Waals surface area contributed by atoms with Gasteiger partial charge in [0.15, 0.2) is 0 Å². The highest BCUT2D eigenvalue weighted by molar-refractivity contribution is 7.13. The SMILES string of the molecule is COC(=O)C1=C(C)NC(C)=C(C(=O)OC)C1c1ccccc1-c1nc(-c2ccc([N+](=O)[O-])cc2)cs1. The summed E-state index contributed by atoms with van der Waals surface area (Å²) in [6, 6.07) is 13.6. The van der Waals surface area contributed by atoms with Gasteiger partial charge in [-0.2, -0.15) is 0 Å². The summed E-state index contributed by atoms with van der Waals surface area (Å²) in [7, 11) is 2.59. The molecule has 10 heteroatoms. The monoisotopic (exact) mass is 505 g/mol. The van der Waals surface area contributed by atoms with Crippen molar-refractivity contribution in [2.24, 2.45) is 0 Å². The number of esters is 2. The van der Waals surface area contributed by atoms with Crippen LogP contribution in [0, 0.1) is 10.1 Å². The van der Waals surface area contributed by atoms with Crippen LogP contribution >= 0.6 is 11.3 Å². The molecule has 2 aromatic carbocycles. The average Bonchev–Trinajstić information content (AvgIpc) is 3.37. The molecular formula is C26H23N3O6S. The van der Waals surface area contributed by atoms with Gasteiger partial charge in [-0.3, -0.25) is 10.1 Å². The minimum Gasteiger partial charge on any atom is -0.466 e. The molecule has 184 valence electrons. The van der Waals surface area contributed by atoms with Gasteiger partial charge in [-0.1, -0.05) is 24.3 Å². The zero-order valence-electron chi connectivity index (χ0n) is 20.0. The summed E-state index contributed by atoms with van der Waals surface area (Å²) in [5.74, 6) is -1.85. The number of non-ortho nitro benzene ring substituents is 1. The lowest BCUT2D eigenvalue weighted by Crippen LogP contribution is -2.32. The maximum Gasteiger partial charge on any atom is 0.336 e. The van der Waals surface area contributed by atoms with Gasteiger partial charge in [0.25, 0.3) is 5.69 Å². The molecule has 1 aliphatic rings. The van der Waals surface area contributed by atoms with Crippen LogP contribution in [0.25, 0.3) is 21.8 Å². The van der Waals surface area contributed by atoms with E-state index in [4.69, 9.17) is 14.5 Å². The molecule has 0 spiro atoms. The minimum atomic E-state index is -0.742. The molecule has 0 saturated heterocycles. The zero-order chi connectivity index (χ0) is 26.0. The quantitative estimate of drug-likeness (QED) is 0.283. The van der Waals surface area contributed by atoms with Crippen LogP contribution in [0.2, 0.25) is 0 Å². The predicted octanol–water partition coefficient (Wildman–Crippen LogP) is 4.97. The molecule has 1 aromatic heterocycles. The molecule has 0 atom stereocenters. The summed E-state index contributed by atoms with van der Waals surface area (Å²) < 4.78 is 10.1. The number of ether oxygens (including phenoxy) is 2. The second-order valence-corrected chi connectivity index (χ2v) is 8.91. The Morgan fingerprint density at radius 1 is 0.972 bits per heavy atom. The van der Waals surface area contributed by atoms with E-state index in [1.54, 1.807) is 26.0 Å². The van der Waals surface area contributed by atoms with Crippen molar-refractivity contribution in [1.29, 1.82) is 0 Å². The fourth-order valence-corrected chi connectivity index (χ4v) is 5.17. The minimum absolute atomic E-state index is 0.000417. The normalized spacial score (nSPS) is 13.9. The number of methoxy groups -OCH3 is 2. The Kier molecular flexibility index (Phi) is 6.98. The fourth-order valence-electron chi connectivity index (χ4n) is 4.29. The van der Waals surface area contributed by atoms with Crippen LogP contribution in [0.3, 0.4) is 0 Å². The Morgan fingerprint density at radius 2 is 1.56 bits per heavy atom. The van der Waals surface area contributed by atoms with Crippen LogP contribution in [0.1, 0.15) is 25.3 Å². The summed E-state index contributed by atoms with van der Waals surface area (Å²) in [4.78, 5) is 41.1. The maximum atomic E-state index is 12.9. The van der Waals surface area contributed by atoms with Crippen molar-refractivity contribution in [3.63, 3.8) is 0 Å². The van der Waals surface area contributed by atoms with E-state index in [-0.39, 0.29) is 5.69 Å². The van der Waals surface area contributed by atoms with Crippen molar-refractivity contribution in [2.75, 3.05) is 14.2 Å². The summed E-state index contributed by atoms with van der Waals surface area (Å²) in [5.41, 5.74) is 4.61. The third kappa shape index (κ3) is 4.50. The van der Waals surface area contributed by atoms with Crippen LogP contribution in [-0.2, 0) is 19.1 Å². The second-order valence-electron chi connectivity index (χ2n) is 8.05. The Labute approximate surface area is 211 Å². The molecule has 0 saturated carbocycles. The smallest absolute Gasteiger partial charge is 0.336 e. The predicted molar refractivity (Wildman–Crippen MR) is 135 cm³/mol. The first-order valence-electron chi connectivity index (χ1n) is 10.9. The summed E-state index contributed by atoms with van der Waals surface area (Å²) in [6.45, 7) is 3.52. The van der Waals surface area contributed by atoms with Crippen molar-refractivity contribution in [1.82, 2.24) is 10.3 Å². The number of hydrogen-bond acceptors (Lipinski definition) is 9. The Hall–Kier alpha value is -4.31. The van der Waals surface area contributed by atoms with Crippen LogP contribution in [0.15, 0.2) is 76.5 Å². The number of benzene rings is 2. The molecule has 2 heterocycles. The first-order valence-corrected chi connectivity index (χ1v) is 11.8. The van der Waals surface area contributed by atoms with Crippen LogP contribution < -0.4 is 5.32 Å². The number of nitro benzene ring substituents is 1. The number of nitrogens with one attached hydrogen (secondary N) is 1. The Balaban J connectivity index is 1.85. The largest absolute Gasteiger partial charge is 0.466 e. The highest BCUT2D eigenvalue weighted by atomic mass is 32.1. The van der Waals surface area contributed by atoms with E-state index < -0.39 is 22.8 Å². The molecule has 1 aliphatic heterocycles. The third-order valence-corrected chi connectivity index (χ3v) is 6.83. The average molecular weight is 506 g/mol. The number of carbonyl (C=O) groups is 2. The van der Waals surface area contributed by atoms with Gasteiger partial charge in [-0.05, 0) is 31.5 Å². The number of rotatable bonds is 6. The van der Waals surface area contributed by atoms with E-state index in [1.165, 1.54) is 37.7 Å². The third-order valence-electron chi connectivity index (χ3n) is 5.95. The van der Waals surface area contributed by atoms with E-state index in [2.05, 4.69) is 5.32 Å². The van der Waals surface area contributed by atoms with Gasteiger partial charge in [0.1, 0.15) is 5.01 Å². The van der Waals surface area contributed by atoms with Crippen molar-refractivity contribution in [2.45, 2.75) is 19.8 Å². The van der Waals surface area contributed by atoms with Gasteiger partial charge in [0.05, 0.1) is 41.9 Å². The van der Waals surface area contributed by atoms with Gasteiger partial charge in [-0.25, -0.2) is 14.6 Å². The molecule has 4 rings (SSSR count). The number of dihydropyridines is 1. The number of aromatic nitrogens is 1. The van der Waals surface area contributed by atoms with E-state index in [0.29, 0.717) is 38.8 Å². The zero-order valence-corrected chi connectivity index (χ0v) is 20.8. The standard InChI is InChI=1S/C26H23N3O6S/c1-14-21(25(30)34-3)23(22(15(2)27-14)26(31)35-4)18-7-5-6-8-19(18)24-28-20(13-36-24)16-9-11-17(12-10-16)29(32)33/h5-13,23,27H,1-4H3. The fraction of sp³-hybridized carbons (Fsp3) is 0.192. The Bertz CT molecular complexity index is 1380. The number of allylic oxidation sites excluding steroid dienone is 2. The van der Waals surface area contributed by atoms with Crippen LogP contribution in [0.5, 0.6) is 0 Å². The van der Waals surface area contributed by atoms with Crippen molar-refractivity contribution >= 4 is 29.0 Å². The molecular weight excluding hydrogens is 482 g/mol. The molecule has 1 N–H and O–H groups in total. The summed E-state index contributed by atoms with van der Waals surface area (Å²) in [5, 5.41) is 16.6. The first kappa shape index (κ1) is 24.8. The maximum absolute atomic E-state index is 12.9. The molecule has 0 bridgehead atoms. The van der Waals surface area contributed by atoms with Gasteiger partial charge in [-0.15, -0.1) is 11.3 Å². The molecule has 0 radical (unpaired) electrons. The number of carbonyl (C=O) groups excluding carboxylic acids is 2. The summed E-state index contributed by atoms with van der Waals surface area (Å²) >= 11 is 1.39. The number of thiazole rings is 1. The number of nitro groups is 1. The van der Waals surface area contributed by atoms with Crippen LogP contribution in [0.4, 0.5) is 5.69 Å². The molecule has 36 heavy (non-hydrogen) atoms. The number of nitrogens with zero attached hydrogens (tertiary/aromatic N) is 2. The highest BCUT2D eigenvalue weighted by Crippen LogP contribution is 2.43. The topological polar surface area (TPSA) is 121 Å². The lowest BCUT2D eigenvalue weighted by atomic mass is 9.78. The van der Waals surface area contributed by atoms with Crippen molar-refractivity contribution in [3.8, 4) is 21.8 Å². The summed E-state index contributed by atoms with van der Waals surface area (Å²) in [6.07, 6.45) is 0. The lowest BCUT2D eigenvalue weighted by molar-refractivity contribution is -0.384. The van der Waals surface area contributed by atoms with E-state index in [9.17, 15) is 19.7 Å². The lowest BCUT2D eigenvalue weighted by Gasteiger charge is -2.31. The van der Waals surface area contributed by atoms with Gasteiger partial charge >= 0.3 is 11.9 Å². The number of hydrogen-bond donors (Lipinski definition) is 1. The second kappa shape index (κ2) is 10.1.